The zero-order chi connectivity index (χ0) is 6.15. The summed E-state index contributed by atoms with van der Waals surface area (Å²) in [5.74, 6) is 0. The zero-order valence-corrected chi connectivity index (χ0v) is 4.79. The smallest absolute Gasteiger partial charge is 0.407 e. The lowest BCUT2D eigenvalue weighted by Crippen LogP contribution is -2.48. The molecule has 3 nitrogen and oxygen atoms in total. The number of amides is 1. The lowest BCUT2D eigenvalue weighted by molar-refractivity contribution is 0.0835. The highest BCUT2D eigenvalue weighted by molar-refractivity contribution is 5.66. The summed E-state index contributed by atoms with van der Waals surface area (Å²) >= 11 is 0. The van der Waals surface area contributed by atoms with Crippen molar-refractivity contribution in [1.29, 1.82) is 0 Å². The second-order valence-corrected chi connectivity index (χ2v) is 2.11. The van der Waals surface area contributed by atoms with Gasteiger partial charge in [0, 0.05) is 12.6 Å². The molecule has 1 fully saturated rings. The van der Waals surface area contributed by atoms with Crippen LogP contribution in [0.2, 0.25) is 0 Å². The molecule has 1 saturated heterocycles. The molecule has 1 heterocycles. The first kappa shape index (κ1) is 5.41. The Labute approximate surface area is 47.9 Å². The van der Waals surface area contributed by atoms with E-state index in [0.29, 0.717) is 0 Å². The average Bonchev–Trinajstić information content (AvgIpc) is 1.61. The number of carboxylic acid groups (broad SMARTS) is 1. The molecule has 1 amide bonds. The van der Waals surface area contributed by atoms with Crippen LogP contribution < -0.4 is 0 Å². The Kier molecular flexibility index (Phi) is 1.12. The summed E-state index contributed by atoms with van der Waals surface area (Å²) in [7, 11) is 0. The highest BCUT2D eigenvalue weighted by atomic mass is 16.4. The van der Waals surface area contributed by atoms with E-state index in [1.165, 1.54) is 4.90 Å². The highest BCUT2D eigenvalue weighted by Crippen LogP contribution is 2.15. The van der Waals surface area contributed by atoms with Crippen molar-refractivity contribution in [1.82, 2.24) is 4.90 Å². The van der Waals surface area contributed by atoms with Gasteiger partial charge in [-0.1, -0.05) is 0 Å². The fraction of sp³-hybridized carbons (Fsp3) is 0.800. The molecule has 1 N–H and O–H groups in total. The Morgan fingerprint density at radius 2 is 2.50 bits per heavy atom. The SMILES string of the molecule is C[C@H]1CCN1C(=O)O. The van der Waals surface area contributed by atoms with E-state index in [9.17, 15) is 4.79 Å². The second-order valence-electron chi connectivity index (χ2n) is 2.11. The van der Waals surface area contributed by atoms with Crippen molar-refractivity contribution in [2.24, 2.45) is 0 Å². The van der Waals surface area contributed by atoms with Crippen LogP contribution in [-0.2, 0) is 0 Å². The first-order valence-electron chi connectivity index (χ1n) is 2.71. The summed E-state index contributed by atoms with van der Waals surface area (Å²) in [4.78, 5) is 11.5. The molecular weight excluding hydrogens is 106 g/mol. The van der Waals surface area contributed by atoms with Gasteiger partial charge in [-0.2, -0.15) is 0 Å². The summed E-state index contributed by atoms with van der Waals surface area (Å²) in [5, 5.41) is 8.33. The maximum absolute atomic E-state index is 10.1. The van der Waals surface area contributed by atoms with Crippen molar-refractivity contribution in [3.05, 3.63) is 0 Å². The van der Waals surface area contributed by atoms with E-state index >= 15 is 0 Å². The van der Waals surface area contributed by atoms with E-state index < -0.39 is 6.09 Å². The summed E-state index contributed by atoms with van der Waals surface area (Å²) in [5.41, 5.74) is 0. The number of hydrogen-bond acceptors (Lipinski definition) is 1. The topological polar surface area (TPSA) is 40.5 Å². The molecule has 0 aromatic carbocycles. The zero-order valence-electron chi connectivity index (χ0n) is 4.79. The van der Waals surface area contributed by atoms with Gasteiger partial charge in [-0.3, -0.25) is 0 Å². The molecule has 0 aromatic heterocycles. The Hall–Kier alpha value is -0.730. The van der Waals surface area contributed by atoms with Gasteiger partial charge < -0.3 is 10.0 Å². The lowest BCUT2D eigenvalue weighted by Gasteiger charge is -2.35. The van der Waals surface area contributed by atoms with E-state index in [1.54, 1.807) is 0 Å². The molecule has 0 aromatic rings. The van der Waals surface area contributed by atoms with Gasteiger partial charge in [-0.05, 0) is 13.3 Å². The summed E-state index contributed by atoms with van der Waals surface area (Å²) in [6, 6.07) is 0.257. The average molecular weight is 115 g/mol. The van der Waals surface area contributed by atoms with Crippen LogP contribution >= 0.6 is 0 Å². The fourth-order valence-electron chi connectivity index (χ4n) is 0.801. The van der Waals surface area contributed by atoms with Gasteiger partial charge in [-0.25, -0.2) is 4.79 Å². The Morgan fingerprint density at radius 3 is 2.50 bits per heavy atom. The summed E-state index contributed by atoms with van der Waals surface area (Å²) in [6.07, 6.45) is 0.232. The minimum atomic E-state index is -0.788. The van der Waals surface area contributed by atoms with Crippen molar-refractivity contribution in [3.8, 4) is 0 Å². The van der Waals surface area contributed by atoms with Gasteiger partial charge in [0.15, 0.2) is 0 Å². The molecule has 1 aliphatic heterocycles. The third-order valence-electron chi connectivity index (χ3n) is 1.57. The third kappa shape index (κ3) is 0.638. The summed E-state index contributed by atoms with van der Waals surface area (Å²) in [6.45, 7) is 2.63. The van der Waals surface area contributed by atoms with Gasteiger partial charge >= 0.3 is 6.09 Å². The van der Waals surface area contributed by atoms with E-state index in [0.717, 1.165) is 13.0 Å². The van der Waals surface area contributed by atoms with Gasteiger partial charge in [0.05, 0.1) is 0 Å². The van der Waals surface area contributed by atoms with Gasteiger partial charge in [0.2, 0.25) is 0 Å². The minimum Gasteiger partial charge on any atom is -0.465 e. The highest BCUT2D eigenvalue weighted by Gasteiger charge is 2.27. The van der Waals surface area contributed by atoms with Gasteiger partial charge in [-0.15, -0.1) is 0 Å². The number of hydrogen-bond donors (Lipinski definition) is 1. The third-order valence-corrected chi connectivity index (χ3v) is 1.57. The van der Waals surface area contributed by atoms with Crippen molar-refractivity contribution >= 4 is 6.09 Å². The number of carbonyl (C=O) groups is 1. The van der Waals surface area contributed by atoms with E-state index in [1.807, 2.05) is 6.92 Å². The van der Waals surface area contributed by atoms with Crippen LogP contribution in [0.1, 0.15) is 13.3 Å². The maximum atomic E-state index is 10.1. The van der Waals surface area contributed by atoms with Crippen LogP contribution in [0, 0.1) is 0 Å². The van der Waals surface area contributed by atoms with Crippen molar-refractivity contribution in [3.63, 3.8) is 0 Å². The molecule has 46 valence electrons. The monoisotopic (exact) mass is 115 g/mol. The quantitative estimate of drug-likeness (QED) is 0.506. The Bertz CT molecular complexity index is 113. The van der Waals surface area contributed by atoms with Crippen LogP contribution in [0.4, 0.5) is 4.79 Å². The largest absolute Gasteiger partial charge is 0.465 e. The first-order chi connectivity index (χ1) is 3.72. The molecular formula is C5H9NO2. The molecule has 1 atom stereocenters. The van der Waals surface area contributed by atoms with Crippen LogP contribution in [0.5, 0.6) is 0 Å². The predicted octanol–water partition coefficient (Wildman–Crippen LogP) is 0.759. The summed E-state index contributed by atoms with van der Waals surface area (Å²) < 4.78 is 0. The van der Waals surface area contributed by atoms with Crippen molar-refractivity contribution < 1.29 is 9.90 Å². The molecule has 8 heavy (non-hydrogen) atoms. The standard InChI is InChI=1S/C5H9NO2/c1-4-2-3-6(4)5(7)8/h4H,2-3H2,1H3,(H,7,8)/t4-/m0/s1. The maximum Gasteiger partial charge on any atom is 0.407 e. The Morgan fingerprint density at radius 1 is 1.88 bits per heavy atom. The van der Waals surface area contributed by atoms with Crippen LogP contribution in [0.3, 0.4) is 0 Å². The number of rotatable bonds is 0. The number of likely N-dealkylation sites (tertiary alicyclic amines) is 1. The van der Waals surface area contributed by atoms with Crippen LogP contribution in [0.15, 0.2) is 0 Å². The normalized spacial score (nSPS) is 27.1. The minimum absolute atomic E-state index is 0.257. The fourth-order valence-corrected chi connectivity index (χ4v) is 0.801. The predicted molar refractivity (Wildman–Crippen MR) is 28.8 cm³/mol. The van der Waals surface area contributed by atoms with Crippen molar-refractivity contribution in [2.45, 2.75) is 19.4 Å². The molecule has 0 saturated carbocycles. The molecule has 3 heteroatoms. The molecule has 0 bridgehead atoms. The molecule has 1 rings (SSSR count). The van der Waals surface area contributed by atoms with Crippen LogP contribution in [0.25, 0.3) is 0 Å². The molecule has 0 spiro atoms. The molecule has 0 unspecified atom stereocenters. The Balaban J connectivity index is 2.37. The second kappa shape index (κ2) is 1.65. The molecule has 0 radical (unpaired) electrons. The van der Waals surface area contributed by atoms with Crippen molar-refractivity contribution in [2.75, 3.05) is 6.54 Å². The first-order valence-corrected chi connectivity index (χ1v) is 2.71. The molecule has 0 aliphatic carbocycles. The van der Waals surface area contributed by atoms with E-state index in [4.69, 9.17) is 5.11 Å². The lowest BCUT2D eigenvalue weighted by atomic mass is 10.1. The van der Waals surface area contributed by atoms with E-state index in [2.05, 4.69) is 0 Å². The number of nitrogens with zero attached hydrogens (tertiary/aromatic N) is 1. The molecule has 1 aliphatic rings. The van der Waals surface area contributed by atoms with Gasteiger partial charge in [0.1, 0.15) is 0 Å². The van der Waals surface area contributed by atoms with E-state index in [-0.39, 0.29) is 6.04 Å². The van der Waals surface area contributed by atoms with Crippen LogP contribution in [-0.4, -0.2) is 28.7 Å². The van der Waals surface area contributed by atoms with Gasteiger partial charge in [0.25, 0.3) is 0 Å².